The van der Waals surface area contributed by atoms with E-state index in [0.29, 0.717) is 5.41 Å². The highest BCUT2D eigenvalue weighted by Crippen LogP contribution is 2.42. The number of rotatable bonds is 3. The standard InChI is InChI=1S/C12H18BrNS/c1-12(2)5-10(6-12)14(3)7-11-4-9(13)8-15-11/h4,8,10H,5-7H2,1-3H3. The van der Waals surface area contributed by atoms with Gasteiger partial charge in [0.1, 0.15) is 0 Å². The molecule has 1 saturated carbocycles. The van der Waals surface area contributed by atoms with Gasteiger partial charge in [-0.05, 0) is 47.3 Å². The minimum Gasteiger partial charge on any atom is -0.298 e. The first-order valence-corrected chi connectivity index (χ1v) is 7.07. The van der Waals surface area contributed by atoms with Gasteiger partial charge in [0.05, 0.1) is 0 Å². The summed E-state index contributed by atoms with van der Waals surface area (Å²) in [5.41, 5.74) is 0.578. The second-order valence-corrected chi connectivity index (χ2v) is 7.28. The maximum absolute atomic E-state index is 3.50. The zero-order valence-corrected chi connectivity index (χ0v) is 12.0. The van der Waals surface area contributed by atoms with Crippen molar-refractivity contribution >= 4 is 27.3 Å². The minimum absolute atomic E-state index is 0.578. The van der Waals surface area contributed by atoms with Gasteiger partial charge in [-0.3, -0.25) is 4.90 Å². The Morgan fingerprint density at radius 1 is 1.53 bits per heavy atom. The smallest absolute Gasteiger partial charge is 0.0328 e. The highest BCUT2D eigenvalue weighted by atomic mass is 79.9. The predicted octanol–water partition coefficient (Wildman–Crippen LogP) is 4.13. The number of hydrogen-bond donors (Lipinski definition) is 0. The minimum atomic E-state index is 0.578. The van der Waals surface area contributed by atoms with E-state index < -0.39 is 0 Å². The predicted molar refractivity (Wildman–Crippen MR) is 70.3 cm³/mol. The zero-order valence-electron chi connectivity index (χ0n) is 9.59. The van der Waals surface area contributed by atoms with E-state index >= 15 is 0 Å². The summed E-state index contributed by atoms with van der Waals surface area (Å²) in [6.45, 7) is 5.81. The van der Waals surface area contributed by atoms with Gasteiger partial charge in [0.25, 0.3) is 0 Å². The molecule has 0 spiro atoms. The van der Waals surface area contributed by atoms with E-state index in [4.69, 9.17) is 0 Å². The fraction of sp³-hybridized carbons (Fsp3) is 0.667. The van der Waals surface area contributed by atoms with Crippen molar-refractivity contribution in [3.8, 4) is 0 Å². The topological polar surface area (TPSA) is 3.24 Å². The number of halogens is 1. The molecule has 1 heterocycles. The zero-order chi connectivity index (χ0) is 11.1. The third kappa shape index (κ3) is 2.83. The van der Waals surface area contributed by atoms with Crippen molar-refractivity contribution in [3.63, 3.8) is 0 Å². The molecule has 3 heteroatoms. The largest absolute Gasteiger partial charge is 0.298 e. The molecule has 0 atom stereocenters. The van der Waals surface area contributed by atoms with Gasteiger partial charge in [-0.25, -0.2) is 0 Å². The van der Waals surface area contributed by atoms with E-state index in [1.54, 1.807) is 0 Å². The Kier molecular flexibility index (Phi) is 3.25. The Labute approximate surface area is 105 Å². The summed E-state index contributed by atoms with van der Waals surface area (Å²) in [5, 5.41) is 2.16. The lowest BCUT2D eigenvalue weighted by molar-refractivity contribution is 0.0379. The molecule has 0 amide bonds. The molecule has 0 aliphatic heterocycles. The Morgan fingerprint density at radius 3 is 2.67 bits per heavy atom. The molecule has 0 radical (unpaired) electrons. The third-order valence-corrected chi connectivity index (χ3v) is 4.91. The number of nitrogens with zero attached hydrogens (tertiary/aromatic N) is 1. The Morgan fingerprint density at radius 2 is 2.20 bits per heavy atom. The lowest BCUT2D eigenvalue weighted by Crippen LogP contribution is -2.46. The van der Waals surface area contributed by atoms with Crippen molar-refractivity contribution < 1.29 is 0 Å². The molecular weight excluding hydrogens is 270 g/mol. The molecule has 15 heavy (non-hydrogen) atoms. The van der Waals surface area contributed by atoms with Crippen LogP contribution in [-0.2, 0) is 6.54 Å². The molecule has 1 aliphatic carbocycles. The van der Waals surface area contributed by atoms with Crippen LogP contribution in [0.25, 0.3) is 0 Å². The van der Waals surface area contributed by atoms with E-state index in [0.717, 1.165) is 12.6 Å². The van der Waals surface area contributed by atoms with Crippen LogP contribution >= 0.6 is 27.3 Å². The molecule has 1 aromatic rings. The van der Waals surface area contributed by atoms with Gasteiger partial charge in [-0.2, -0.15) is 0 Å². The summed E-state index contributed by atoms with van der Waals surface area (Å²) in [4.78, 5) is 3.94. The summed E-state index contributed by atoms with van der Waals surface area (Å²) in [6, 6.07) is 3.02. The number of hydrogen-bond acceptors (Lipinski definition) is 2. The second kappa shape index (κ2) is 4.19. The maximum atomic E-state index is 3.50. The molecule has 0 saturated heterocycles. The normalized spacial score (nSPS) is 20.6. The molecule has 0 aromatic carbocycles. The maximum Gasteiger partial charge on any atom is 0.0328 e. The Bertz CT molecular complexity index is 337. The van der Waals surface area contributed by atoms with E-state index in [2.05, 4.69) is 53.2 Å². The van der Waals surface area contributed by atoms with Crippen LogP contribution in [0.5, 0.6) is 0 Å². The molecule has 1 aliphatic rings. The van der Waals surface area contributed by atoms with Crippen LogP contribution < -0.4 is 0 Å². The molecule has 2 rings (SSSR count). The van der Waals surface area contributed by atoms with Gasteiger partial charge in [0, 0.05) is 27.3 Å². The van der Waals surface area contributed by atoms with Gasteiger partial charge in [-0.15, -0.1) is 11.3 Å². The second-order valence-electron chi connectivity index (χ2n) is 5.37. The molecular formula is C12H18BrNS. The fourth-order valence-corrected chi connectivity index (χ4v) is 3.85. The first kappa shape index (κ1) is 11.6. The Balaban J connectivity index is 1.86. The van der Waals surface area contributed by atoms with Crippen LogP contribution in [0.2, 0.25) is 0 Å². The van der Waals surface area contributed by atoms with Gasteiger partial charge >= 0.3 is 0 Å². The molecule has 0 bridgehead atoms. The lowest BCUT2D eigenvalue weighted by Gasteiger charge is -2.47. The van der Waals surface area contributed by atoms with Gasteiger partial charge in [-0.1, -0.05) is 13.8 Å². The van der Waals surface area contributed by atoms with Crippen molar-refractivity contribution in [2.45, 2.75) is 39.3 Å². The van der Waals surface area contributed by atoms with E-state index in [9.17, 15) is 0 Å². The van der Waals surface area contributed by atoms with Crippen molar-refractivity contribution in [2.75, 3.05) is 7.05 Å². The van der Waals surface area contributed by atoms with Crippen LogP contribution in [0.3, 0.4) is 0 Å². The quantitative estimate of drug-likeness (QED) is 0.808. The average molecular weight is 288 g/mol. The molecule has 0 unspecified atom stereocenters. The molecule has 84 valence electrons. The summed E-state index contributed by atoms with van der Waals surface area (Å²) in [7, 11) is 2.24. The van der Waals surface area contributed by atoms with Gasteiger partial charge < -0.3 is 0 Å². The van der Waals surface area contributed by atoms with E-state index in [-0.39, 0.29) is 0 Å². The summed E-state index contributed by atoms with van der Waals surface area (Å²) < 4.78 is 1.21. The lowest BCUT2D eigenvalue weighted by atomic mass is 9.68. The Hall–Kier alpha value is 0.140. The average Bonchev–Trinajstić information content (AvgIpc) is 2.46. The van der Waals surface area contributed by atoms with Gasteiger partial charge in [0.15, 0.2) is 0 Å². The van der Waals surface area contributed by atoms with Crippen LogP contribution in [0.1, 0.15) is 31.6 Å². The van der Waals surface area contributed by atoms with Crippen molar-refractivity contribution in [1.82, 2.24) is 4.90 Å². The van der Waals surface area contributed by atoms with Crippen LogP contribution in [0.15, 0.2) is 15.9 Å². The first-order valence-electron chi connectivity index (χ1n) is 5.39. The van der Waals surface area contributed by atoms with E-state index in [1.807, 2.05) is 11.3 Å². The number of thiophene rings is 1. The van der Waals surface area contributed by atoms with Crippen LogP contribution in [-0.4, -0.2) is 18.0 Å². The van der Waals surface area contributed by atoms with Crippen molar-refractivity contribution in [2.24, 2.45) is 5.41 Å². The molecule has 0 N–H and O–H groups in total. The van der Waals surface area contributed by atoms with Crippen molar-refractivity contribution in [1.29, 1.82) is 0 Å². The summed E-state index contributed by atoms with van der Waals surface area (Å²) in [6.07, 6.45) is 2.69. The molecule has 1 aromatic heterocycles. The first-order chi connectivity index (χ1) is 6.96. The van der Waals surface area contributed by atoms with Crippen molar-refractivity contribution in [3.05, 3.63) is 20.8 Å². The van der Waals surface area contributed by atoms with Crippen LogP contribution in [0.4, 0.5) is 0 Å². The molecule has 1 nitrogen and oxygen atoms in total. The monoisotopic (exact) mass is 287 g/mol. The van der Waals surface area contributed by atoms with Crippen LogP contribution in [0, 0.1) is 5.41 Å². The highest BCUT2D eigenvalue weighted by Gasteiger charge is 2.38. The highest BCUT2D eigenvalue weighted by molar-refractivity contribution is 9.10. The SMILES string of the molecule is CN(Cc1cc(Br)cs1)C1CC(C)(C)C1. The summed E-state index contributed by atoms with van der Waals surface area (Å²) in [5.74, 6) is 0. The third-order valence-electron chi connectivity index (χ3n) is 3.23. The van der Waals surface area contributed by atoms with Gasteiger partial charge in [0.2, 0.25) is 0 Å². The van der Waals surface area contributed by atoms with E-state index in [1.165, 1.54) is 22.2 Å². The fourth-order valence-electron chi connectivity index (χ4n) is 2.34. The summed E-state index contributed by atoms with van der Waals surface area (Å²) >= 11 is 5.34. The molecule has 1 fully saturated rings.